The van der Waals surface area contributed by atoms with Crippen molar-refractivity contribution in [2.45, 2.75) is 25.7 Å². The number of nitrogens with zero attached hydrogens (tertiary/aromatic N) is 2. The van der Waals surface area contributed by atoms with Gasteiger partial charge < -0.3 is 0 Å². The molecule has 0 aliphatic rings. The van der Waals surface area contributed by atoms with Gasteiger partial charge in [0.1, 0.15) is 0 Å². The minimum Gasteiger partial charge on any atom is -0.262 e. The molecule has 0 aliphatic heterocycles. The molecule has 2 aromatic carbocycles. The van der Waals surface area contributed by atoms with Crippen LogP contribution in [0.1, 0.15) is 16.7 Å². The normalized spacial score (nSPS) is 11.2. The van der Waals surface area contributed by atoms with Crippen LogP contribution >= 0.6 is 0 Å². The number of aryl methyl sites for hydroxylation is 3. The highest BCUT2D eigenvalue weighted by atomic mass is 32.2. The van der Waals surface area contributed by atoms with Crippen LogP contribution in [0.3, 0.4) is 0 Å². The zero-order valence-corrected chi connectivity index (χ0v) is 15.2. The van der Waals surface area contributed by atoms with Gasteiger partial charge in [0.05, 0.1) is 22.1 Å². The highest BCUT2D eigenvalue weighted by molar-refractivity contribution is 7.92. The third-order valence-electron chi connectivity index (χ3n) is 3.80. The van der Waals surface area contributed by atoms with E-state index in [0.717, 1.165) is 22.8 Å². The Labute approximate surface area is 147 Å². The van der Waals surface area contributed by atoms with Gasteiger partial charge in [-0.2, -0.15) is 0 Å². The Hall–Kier alpha value is -2.67. The van der Waals surface area contributed by atoms with E-state index in [9.17, 15) is 18.5 Å². The van der Waals surface area contributed by atoms with E-state index in [1.807, 2.05) is 32.9 Å². The molecule has 0 aliphatic carbocycles. The van der Waals surface area contributed by atoms with Crippen molar-refractivity contribution in [3.63, 3.8) is 0 Å². The summed E-state index contributed by atoms with van der Waals surface area (Å²) >= 11 is 0. The van der Waals surface area contributed by atoms with Crippen molar-refractivity contribution in [1.29, 1.82) is 0 Å². The van der Waals surface area contributed by atoms with Gasteiger partial charge in [0.2, 0.25) is 0 Å². The molecule has 0 saturated heterocycles. The Bertz CT molecular complexity index is 913. The van der Waals surface area contributed by atoms with Crippen LogP contribution in [0.15, 0.2) is 53.9 Å². The van der Waals surface area contributed by atoms with Gasteiger partial charge in [0, 0.05) is 12.1 Å². The molecule has 0 saturated carbocycles. The second-order valence-electron chi connectivity index (χ2n) is 5.83. The molecule has 0 heterocycles. The van der Waals surface area contributed by atoms with E-state index >= 15 is 0 Å². The molecule has 0 atom stereocenters. The lowest BCUT2D eigenvalue weighted by Crippen LogP contribution is -2.32. The molecule has 7 heteroatoms. The molecule has 0 aromatic heterocycles. The molecule has 132 valence electrons. The molecule has 0 amide bonds. The first-order valence-electron chi connectivity index (χ1n) is 7.64. The van der Waals surface area contributed by atoms with Gasteiger partial charge in [0.15, 0.2) is 0 Å². The van der Waals surface area contributed by atoms with Crippen molar-refractivity contribution >= 4 is 21.4 Å². The Balaban J connectivity index is 2.66. The van der Waals surface area contributed by atoms with Crippen LogP contribution < -0.4 is 4.31 Å². The molecule has 25 heavy (non-hydrogen) atoms. The Morgan fingerprint density at radius 3 is 2.28 bits per heavy atom. The first kappa shape index (κ1) is 18.7. The van der Waals surface area contributed by atoms with E-state index < -0.39 is 14.9 Å². The van der Waals surface area contributed by atoms with Gasteiger partial charge in [-0.05, 0) is 38.0 Å². The summed E-state index contributed by atoms with van der Waals surface area (Å²) in [5.41, 5.74) is 2.96. The third kappa shape index (κ3) is 3.71. The fraction of sp³-hybridized carbons (Fsp3) is 0.222. The summed E-state index contributed by atoms with van der Waals surface area (Å²) < 4.78 is 27.5. The van der Waals surface area contributed by atoms with Crippen LogP contribution in [0, 0.1) is 30.9 Å². The van der Waals surface area contributed by atoms with Crippen LogP contribution in [0.4, 0.5) is 11.4 Å². The standard InChI is InChI=1S/C18H20N2O4S/c1-5-9-19(18-14(3)10-13(2)11-15(18)4)25(23,24)17-8-6-7-16(12-17)20(21)22/h5-8,10-12H,1,9H2,2-4H3. The van der Waals surface area contributed by atoms with Gasteiger partial charge in [0.25, 0.3) is 15.7 Å². The molecule has 0 spiro atoms. The number of benzene rings is 2. The molecule has 6 nitrogen and oxygen atoms in total. The van der Waals surface area contributed by atoms with E-state index in [0.29, 0.717) is 5.69 Å². The number of sulfonamides is 1. The molecule has 2 rings (SSSR count). The molecule has 2 aromatic rings. The van der Waals surface area contributed by atoms with Crippen molar-refractivity contribution < 1.29 is 13.3 Å². The number of nitro benzene ring substituents is 1. The minimum atomic E-state index is -3.97. The second kappa shape index (κ2) is 7.06. The summed E-state index contributed by atoms with van der Waals surface area (Å²) in [6, 6.07) is 8.87. The van der Waals surface area contributed by atoms with E-state index in [4.69, 9.17) is 0 Å². The van der Waals surface area contributed by atoms with Crippen molar-refractivity contribution in [2.24, 2.45) is 0 Å². The van der Waals surface area contributed by atoms with Gasteiger partial charge in [-0.1, -0.05) is 29.8 Å². The number of nitro groups is 1. The third-order valence-corrected chi connectivity index (χ3v) is 5.56. The first-order valence-corrected chi connectivity index (χ1v) is 9.08. The monoisotopic (exact) mass is 360 g/mol. The van der Waals surface area contributed by atoms with Crippen molar-refractivity contribution in [3.8, 4) is 0 Å². The maximum Gasteiger partial charge on any atom is 0.270 e. The van der Waals surface area contributed by atoms with E-state index in [2.05, 4.69) is 6.58 Å². The lowest BCUT2D eigenvalue weighted by atomic mass is 10.1. The maximum absolute atomic E-state index is 13.1. The SMILES string of the molecule is C=CCN(c1c(C)cc(C)cc1C)S(=O)(=O)c1cccc([N+](=O)[O-])c1. The average molecular weight is 360 g/mol. The van der Waals surface area contributed by atoms with Crippen molar-refractivity contribution in [2.75, 3.05) is 10.8 Å². The van der Waals surface area contributed by atoms with Crippen LogP contribution in [-0.2, 0) is 10.0 Å². The summed E-state index contributed by atoms with van der Waals surface area (Å²) in [6.07, 6.45) is 1.49. The van der Waals surface area contributed by atoms with Crippen LogP contribution in [0.25, 0.3) is 0 Å². The first-order chi connectivity index (χ1) is 11.7. The zero-order chi connectivity index (χ0) is 18.8. The molecule has 0 bridgehead atoms. The van der Waals surface area contributed by atoms with Crippen LogP contribution in [0.2, 0.25) is 0 Å². The molecule has 0 unspecified atom stereocenters. The predicted molar refractivity (Wildman–Crippen MR) is 98.5 cm³/mol. The Morgan fingerprint density at radius 2 is 1.76 bits per heavy atom. The minimum absolute atomic E-state index is 0.0652. The van der Waals surface area contributed by atoms with Gasteiger partial charge in [-0.25, -0.2) is 8.42 Å². The largest absolute Gasteiger partial charge is 0.270 e. The summed E-state index contributed by atoms with van der Waals surface area (Å²) in [7, 11) is -3.97. The van der Waals surface area contributed by atoms with E-state index in [-0.39, 0.29) is 17.1 Å². The molecular weight excluding hydrogens is 340 g/mol. The lowest BCUT2D eigenvalue weighted by molar-refractivity contribution is -0.385. The zero-order valence-electron chi connectivity index (χ0n) is 14.4. The molecule has 0 N–H and O–H groups in total. The molecular formula is C18H20N2O4S. The number of hydrogen-bond acceptors (Lipinski definition) is 4. The summed E-state index contributed by atoms with van der Waals surface area (Å²) in [5.74, 6) is 0. The second-order valence-corrected chi connectivity index (χ2v) is 7.69. The predicted octanol–water partition coefficient (Wildman–Crippen LogP) is 3.90. The highest BCUT2D eigenvalue weighted by Crippen LogP contribution is 2.32. The quantitative estimate of drug-likeness (QED) is 0.444. The average Bonchev–Trinajstić information content (AvgIpc) is 2.53. The smallest absolute Gasteiger partial charge is 0.262 e. The fourth-order valence-corrected chi connectivity index (χ4v) is 4.48. The van der Waals surface area contributed by atoms with Gasteiger partial charge >= 0.3 is 0 Å². The maximum atomic E-state index is 13.1. The fourth-order valence-electron chi connectivity index (χ4n) is 2.88. The van der Waals surface area contributed by atoms with Gasteiger partial charge in [-0.15, -0.1) is 6.58 Å². The number of anilines is 1. The van der Waals surface area contributed by atoms with Crippen molar-refractivity contribution in [1.82, 2.24) is 0 Å². The summed E-state index contributed by atoms with van der Waals surface area (Å²) in [6.45, 7) is 9.33. The summed E-state index contributed by atoms with van der Waals surface area (Å²) in [4.78, 5) is 10.2. The highest BCUT2D eigenvalue weighted by Gasteiger charge is 2.28. The Morgan fingerprint density at radius 1 is 1.16 bits per heavy atom. The summed E-state index contributed by atoms with van der Waals surface area (Å²) in [5, 5.41) is 11.0. The molecule has 0 fully saturated rings. The van der Waals surface area contributed by atoms with Crippen LogP contribution in [-0.4, -0.2) is 19.9 Å². The topological polar surface area (TPSA) is 80.5 Å². The number of non-ortho nitro benzene ring substituents is 1. The Kier molecular flexibility index (Phi) is 5.27. The van der Waals surface area contributed by atoms with E-state index in [1.54, 1.807) is 0 Å². The number of rotatable bonds is 6. The van der Waals surface area contributed by atoms with Crippen molar-refractivity contribution in [3.05, 3.63) is 75.9 Å². The lowest BCUT2D eigenvalue weighted by Gasteiger charge is -2.27. The number of hydrogen-bond donors (Lipinski definition) is 0. The van der Waals surface area contributed by atoms with Crippen LogP contribution in [0.5, 0.6) is 0 Å². The van der Waals surface area contributed by atoms with E-state index in [1.165, 1.54) is 28.6 Å². The molecule has 0 radical (unpaired) electrons. The van der Waals surface area contributed by atoms with Gasteiger partial charge in [-0.3, -0.25) is 14.4 Å².